The number of furan rings is 1. The first-order valence-corrected chi connectivity index (χ1v) is 11.1. The van der Waals surface area contributed by atoms with Crippen LogP contribution < -0.4 is 10.6 Å². The van der Waals surface area contributed by atoms with E-state index in [1.807, 2.05) is 23.9 Å². The van der Waals surface area contributed by atoms with Crippen LogP contribution in [0.1, 0.15) is 61.7 Å². The number of guanidine groups is 1. The molecule has 1 atom stereocenters. The minimum Gasteiger partial charge on any atom is -0.469 e. The summed E-state index contributed by atoms with van der Waals surface area (Å²) in [5.41, 5.74) is 3.68. The van der Waals surface area contributed by atoms with Gasteiger partial charge in [0.05, 0.1) is 12.0 Å². The van der Waals surface area contributed by atoms with Crippen LogP contribution in [0.3, 0.4) is 0 Å². The Balaban J connectivity index is 1.59. The van der Waals surface area contributed by atoms with Gasteiger partial charge >= 0.3 is 0 Å². The minimum absolute atomic E-state index is 0.276. The van der Waals surface area contributed by atoms with E-state index in [1.165, 1.54) is 43.4 Å². The van der Waals surface area contributed by atoms with Crippen LogP contribution in [-0.4, -0.2) is 34.9 Å². The molecule has 0 amide bonds. The summed E-state index contributed by atoms with van der Waals surface area (Å²) < 4.78 is 7.42. The highest BCUT2D eigenvalue weighted by Crippen LogP contribution is 2.23. The SMILES string of the molecule is Cc1nn(C)c(C)c1CC(C)NC(=NCC1CCCCC1)NCCc1ccco1. The molecule has 0 spiro atoms. The van der Waals surface area contributed by atoms with Crippen molar-refractivity contribution in [3.8, 4) is 0 Å². The fourth-order valence-electron chi connectivity index (χ4n) is 4.21. The van der Waals surface area contributed by atoms with E-state index in [0.717, 1.165) is 49.3 Å². The molecule has 0 radical (unpaired) electrons. The van der Waals surface area contributed by atoms with Gasteiger partial charge < -0.3 is 15.1 Å². The lowest BCUT2D eigenvalue weighted by Gasteiger charge is -2.22. The summed E-state index contributed by atoms with van der Waals surface area (Å²) in [6.45, 7) is 8.17. The number of hydrogen-bond donors (Lipinski definition) is 2. The molecule has 1 saturated carbocycles. The third-order valence-electron chi connectivity index (χ3n) is 6.03. The second-order valence-electron chi connectivity index (χ2n) is 8.47. The Bertz CT molecular complexity index is 772. The quantitative estimate of drug-likeness (QED) is 0.521. The van der Waals surface area contributed by atoms with Gasteiger partial charge in [0.1, 0.15) is 5.76 Å². The first-order valence-electron chi connectivity index (χ1n) is 11.1. The average Bonchev–Trinajstić information content (AvgIpc) is 3.31. The molecule has 29 heavy (non-hydrogen) atoms. The largest absolute Gasteiger partial charge is 0.469 e. The smallest absolute Gasteiger partial charge is 0.191 e. The Morgan fingerprint density at radius 1 is 1.31 bits per heavy atom. The second-order valence-corrected chi connectivity index (χ2v) is 8.47. The summed E-state index contributed by atoms with van der Waals surface area (Å²) in [6.07, 6.45) is 10.2. The Morgan fingerprint density at radius 3 is 2.76 bits per heavy atom. The Morgan fingerprint density at radius 2 is 2.10 bits per heavy atom. The third kappa shape index (κ3) is 6.38. The molecule has 3 rings (SSSR count). The minimum atomic E-state index is 0.276. The first-order chi connectivity index (χ1) is 14.0. The Hall–Kier alpha value is -2.24. The van der Waals surface area contributed by atoms with E-state index >= 15 is 0 Å². The van der Waals surface area contributed by atoms with Crippen molar-refractivity contribution in [2.45, 2.75) is 71.8 Å². The van der Waals surface area contributed by atoms with Gasteiger partial charge in [-0.05, 0) is 63.6 Å². The maximum Gasteiger partial charge on any atom is 0.191 e. The van der Waals surface area contributed by atoms with Crippen LogP contribution in [0, 0.1) is 19.8 Å². The molecule has 2 N–H and O–H groups in total. The molecule has 0 aromatic carbocycles. The van der Waals surface area contributed by atoms with Gasteiger partial charge in [-0.1, -0.05) is 19.3 Å². The highest BCUT2D eigenvalue weighted by Gasteiger charge is 2.16. The molecule has 2 aromatic rings. The zero-order valence-electron chi connectivity index (χ0n) is 18.5. The summed E-state index contributed by atoms with van der Waals surface area (Å²) in [7, 11) is 2.01. The van der Waals surface area contributed by atoms with Crippen molar-refractivity contribution in [1.29, 1.82) is 0 Å². The summed E-state index contributed by atoms with van der Waals surface area (Å²) in [5, 5.41) is 11.7. The molecule has 2 heterocycles. The van der Waals surface area contributed by atoms with Gasteiger partial charge in [0.15, 0.2) is 5.96 Å². The Kier molecular flexibility index (Phi) is 7.78. The lowest BCUT2D eigenvalue weighted by Crippen LogP contribution is -2.44. The van der Waals surface area contributed by atoms with E-state index in [1.54, 1.807) is 6.26 Å². The van der Waals surface area contributed by atoms with E-state index in [2.05, 4.69) is 36.5 Å². The van der Waals surface area contributed by atoms with Gasteiger partial charge in [0, 0.05) is 38.3 Å². The maximum atomic E-state index is 5.45. The molecular weight excluding hydrogens is 362 g/mol. The molecule has 1 aliphatic rings. The molecule has 160 valence electrons. The highest BCUT2D eigenvalue weighted by atomic mass is 16.3. The summed E-state index contributed by atoms with van der Waals surface area (Å²) in [4.78, 5) is 4.94. The van der Waals surface area contributed by atoms with Crippen molar-refractivity contribution in [2.24, 2.45) is 18.0 Å². The van der Waals surface area contributed by atoms with Gasteiger partial charge in [-0.15, -0.1) is 0 Å². The van der Waals surface area contributed by atoms with E-state index in [-0.39, 0.29) is 6.04 Å². The normalized spacial score (nSPS) is 16.8. The van der Waals surface area contributed by atoms with Crippen molar-refractivity contribution in [1.82, 2.24) is 20.4 Å². The molecule has 1 aliphatic carbocycles. The first kappa shape index (κ1) is 21.5. The van der Waals surface area contributed by atoms with Crippen molar-refractivity contribution in [3.63, 3.8) is 0 Å². The number of nitrogens with one attached hydrogen (secondary N) is 2. The molecule has 6 nitrogen and oxygen atoms in total. The van der Waals surface area contributed by atoms with Crippen molar-refractivity contribution < 1.29 is 4.42 Å². The fraction of sp³-hybridized carbons (Fsp3) is 0.652. The van der Waals surface area contributed by atoms with E-state index < -0.39 is 0 Å². The lowest BCUT2D eigenvalue weighted by molar-refractivity contribution is 0.366. The number of nitrogens with zero attached hydrogens (tertiary/aromatic N) is 3. The molecular formula is C23H37N5O. The van der Waals surface area contributed by atoms with Crippen LogP contribution in [-0.2, 0) is 19.9 Å². The van der Waals surface area contributed by atoms with E-state index in [0.29, 0.717) is 0 Å². The standard InChI is InChI=1S/C23H37N5O/c1-17(15-22-18(2)27-28(4)19(22)3)26-23(24-13-12-21-11-8-14-29-21)25-16-20-9-6-5-7-10-20/h8,11,14,17,20H,5-7,9-10,12-13,15-16H2,1-4H3,(H2,24,25,26). The second kappa shape index (κ2) is 10.5. The third-order valence-corrected chi connectivity index (χ3v) is 6.03. The van der Waals surface area contributed by atoms with Gasteiger partial charge in [0.2, 0.25) is 0 Å². The number of rotatable bonds is 8. The van der Waals surface area contributed by atoms with Gasteiger partial charge in [-0.25, -0.2) is 0 Å². The highest BCUT2D eigenvalue weighted by molar-refractivity contribution is 5.80. The Labute approximate surface area is 175 Å². The van der Waals surface area contributed by atoms with Crippen LogP contribution >= 0.6 is 0 Å². The number of hydrogen-bond acceptors (Lipinski definition) is 3. The van der Waals surface area contributed by atoms with Crippen molar-refractivity contribution in [3.05, 3.63) is 41.1 Å². The molecule has 6 heteroatoms. The van der Waals surface area contributed by atoms with Crippen LogP contribution in [0.2, 0.25) is 0 Å². The average molecular weight is 400 g/mol. The molecule has 1 unspecified atom stereocenters. The molecule has 0 saturated heterocycles. The summed E-state index contributed by atoms with van der Waals surface area (Å²) in [6, 6.07) is 4.23. The van der Waals surface area contributed by atoms with E-state index in [9.17, 15) is 0 Å². The number of aryl methyl sites for hydroxylation is 2. The molecule has 0 bridgehead atoms. The summed E-state index contributed by atoms with van der Waals surface area (Å²) >= 11 is 0. The van der Waals surface area contributed by atoms with E-state index in [4.69, 9.17) is 9.41 Å². The molecule has 1 fully saturated rings. The monoisotopic (exact) mass is 399 g/mol. The number of aromatic nitrogens is 2. The molecule has 0 aliphatic heterocycles. The lowest BCUT2D eigenvalue weighted by atomic mass is 9.89. The number of aliphatic imine (C=N–C) groups is 1. The molecule has 2 aromatic heterocycles. The van der Waals surface area contributed by atoms with Crippen LogP contribution in [0.4, 0.5) is 0 Å². The van der Waals surface area contributed by atoms with Crippen LogP contribution in [0.25, 0.3) is 0 Å². The topological polar surface area (TPSA) is 67.4 Å². The van der Waals surface area contributed by atoms with Gasteiger partial charge in [0.25, 0.3) is 0 Å². The summed E-state index contributed by atoms with van der Waals surface area (Å²) in [5.74, 6) is 2.64. The van der Waals surface area contributed by atoms with Gasteiger partial charge in [-0.2, -0.15) is 5.10 Å². The maximum absolute atomic E-state index is 5.45. The van der Waals surface area contributed by atoms with Crippen molar-refractivity contribution >= 4 is 5.96 Å². The van der Waals surface area contributed by atoms with Crippen LogP contribution in [0.15, 0.2) is 27.8 Å². The zero-order valence-corrected chi connectivity index (χ0v) is 18.5. The van der Waals surface area contributed by atoms with Gasteiger partial charge in [-0.3, -0.25) is 9.67 Å². The van der Waals surface area contributed by atoms with Crippen molar-refractivity contribution in [2.75, 3.05) is 13.1 Å². The predicted molar refractivity (Wildman–Crippen MR) is 118 cm³/mol. The van der Waals surface area contributed by atoms with Crippen LogP contribution in [0.5, 0.6) is 0 Å². The zero-order chi connectivity index (χ0) is 20.6. The predicted octanol–water partition coefficient (Wildman–Crippen LogP) is 3.92. The fourth-order valence-corrected chi connectivity index (χ4v) is 4.21.